The van der Waals surface area contributed by atoms with Gasteiger partial charge in [0.25, 0.3) is 0 Å². The summed E-state index contributed by atoms with van der Waals surface area (Å²) in [5.41, 5.74) is 5.34. The number of nitrogens with one attached hydrogen (secondary N) is 1. The first kappa shape index (κ1) is 9.78. The number of aromatic amines is 1. The topological polar surface area (TPSA) is 71.8 Å². The molecule has 10 heavy (non-hydrogen) atoms. The van der Waals surface area contributed by atoms with Crippen LogP contribution in [-0.2, 0) is 32.7 Å². The monoisotopic (exact) mass is 213 g/mol. The van der Waals surface area contributed by atoms with Crippen LogP contribution in [0.3, 0.4) is 0 Å². The molecule has 51 valence electrons. The maximum atomic E-state index is 10.6. The third kappa shape index (κ3) is 2.19. The van der Waals surface area contributed by atoms with Crippen molar-refractivity contribution in [3.8, 4) is 0 Å². The molecule has 3 N–H and O–H groups in total. The van der Waals surface area contributed by atoms with Gasteiger partial charge < -0.3 is 20.5 Å². The van der Waals surface area contributed by atoms with Crippen LogP contribution in [0.25, 0.3) is 0 Å². The number of hydrogen-bond donors (Lipinski definition) is 2. The normalized spacial score (nSPS) is 8.50. The van der Waals surface area contributed by atoms with Crippen molar-refractivity contribution >= 4 is 5.95 Å². The number of hydrogen-bond acceptors (Lipinski definition) is 3. The number of H-pyrrole nitrogens is 1. The molecule has 0 fully saturated rings. The molecule has 0 saturated heterocycles. The molecule has 0 bridgehead atoms. The van der Waals surface area contributed by atoms with Crippen LogP contribution >= 0.6 is 0 Å². The van der Waals surface area contributed by atoms with E-state index in [1.54, 1.807) is 6.92 Å². The second kappa shape index (κ2) is 3.83. The molecule has 1 aromatic rings. The first-order valence-electron chi connectivity index (χ1n) is 2.44. The third-order valence-electron chi connectivity index (χ3n) is 0.926. The summed E-state index contributed by atoms with van der Waals surface area (Å²) in [6, 6.07) is 0. The fraction of sp³-hybridized carbons (Fsp3) is 0.200. The summed E-state index contributed by atoms with van der Waals surface area (Å²) in [6.07, 6.45) is 2.45. The van der Waals surface area contributed by atoms with Crippen LogP contribution < -0.4 is 11.3 Å². The molecule has 0 spiro atoms. The number of nitrogens with two attached hydrogens (primary N) is 1. The maximum absolute atomic E-state index is 10.6. The predicted molar refractivity (Wildman–Crippen MR) is 32.8 cm³/mol. The Kier molecular flexibility index (Phi) is 3.75. The van der Waals surface area contributed by atoms with Crippen molar-refractivity contribution in [3.05, 3.63) is 22.1 Å². The zero-order chi connectivity index (χ0) is 6.85. The summed E-state index contributed by atoms with van der Waals surface area (Å²) in [5, 5.41) is 0. The first-order valence-corrected chi connectivity index (χ1v) is 2.44. The van der Waals surface area contributed by atoms with Crippen LogP contribution in [0, 0.1) is 13.1 Å². The van der Waals surface area contributed by atoms with Crippen LogP contribution in [0.1, 0.15) is 5.56 Å². The molecule has 1 rings (SSSR count). The van der Waals surface area contributed by atoms with Gasteiger partial charge >= 0.3 is 0 Å². The van der Waals surface area contributed by atoms with E-state index in [1.165, 1.54) is 0 Å². The van der Waals surface area contributed by atoms with Crippen LogP contribution in [0.15, 0.2) is 4.79 Å². The number of anilines is 1. The first-order chi connectivity index (χ1) is 4.20. The van der Waals surface area contributed by atoms with E-state index in [0.717, 1.165) is 0 Å². The fourth-order valence-electron chi connectivity index (χ4n) is 0.433. The van der Waals surface area contributed by atoms with Crippen molar-refractivity contribution < 1.29 is 32.7 Å². The zero-order valence-electron chi connectivity index (χ0n) is 5.51. The Morgan fingerprint density at radius 2 is 2.30 bits per heavy atom. The molecule has 1 heterocycles. The molecular formula is C5H6N3OY-. The molecular weight excluding hydrogens is 207 g/mol. The molecule has 0 aromatic carbocycles. The molecule has 1 radical (unpaired) electrons. The van der Waals surface area contributed by atoms with Gasteiger partial charge in [0.15, 0.2) is 0 Å². The average Bonchev–Trinajstić information content (AvgIpc) is 1.80. The quantitative estimate of drug-likeness (QED) is 0.568. The van der Waals surface area contributed by atoms with Crippen molar-refractivity contribution in [3.63, 3.8) is 0 Å². The van der Waals surface area contributed by atoms with Gasteiger partial charge in [-0.15, -0.1) is 0 Å². The molecule has 0 saturated carbocycles. The summed E-state index contributed by atoms with van der Waals surface area (Å²) in [7, 11) is 0. The minimum Gasteiger partial charge on any atom is -0.421 e. The van der Waals surface area contributed by atoms with E-state index in [9.17, 15) is 4.79 Å². The molecule has 0 aliphatic heterocycles. The van der Waals surface area contributed by atoms with Crippen molar-refractivity contribution in [2.45, 2.75) is 6.92 Å². The molecule has 0 aliphatic rings. The molecule has 0 amide bonds. The van der Waals surface area contributed by atoms with Gasteiger partial charge in [0.1, 0.15) is 5.56 Å². The Morgan fingerprint density at radius 1 is 1.70 bits per heavy atom. The van der Waals surface area contributed by atoms with Crippen molar-refractivity contribution in [1.29, 1.82) is 0 Å². The number of aryl methyl sites for hydroxylation is 1. The van der Waals surface area contributed by atoms with E-state index < -0.39 is 0 Å². The van der Waals surface area contributed by atoms with E-state index in [1.807, 2.05) is 0 Å². The van der Waals surface area contributed by atoms with E-state index in [-0.39, 0.29) is 44.2 Å². The van der Waals surface area contributed by atoms with Gasteiger partial charge in [-0.25, -0.2) is 0 Å². The minimum atomic E-state index is -0.234. The van der Waals surface area contributed by atoms with Crippen LogP contribution in [0.5, 0.6) is 0 Å². The second-order valence-corrected chi connectivity index (χ2v) is 1.69. The summed E-state index contributed by atoms with van der Waals surface area (Å²) in [5.74, 6) is 0.102. The number of rotatable bonds is 0. The van der Waals surface area contributed by atoms with E-state index in [0.29, 0.717) is 5.56 Å². The second-order valence-electron chi connectivity index (χ2n) is 1.69. The Balaban J connectivity index is 0.000000810. The van der Waals surface area contributed by atoms with E-state index in [4.69, 9.17) is 5.73 Å². The average molecular weight is 213 g/mol. The van der Waals surface area contributed by atoms with Crippen LogP contribution in [0.2, 0.25) is 0 Å². The van der Waals surface area contributed by atoms with Crippen LogP contribution in [0.4, 0.5) is 5.95 Å². The zero-order valence-corrected chi connectivity index (χ0v) is 8.35. The fourth-order valence-corrected chi connectivity index (χ4v) is 0.433. The van der Waals surface area contributed by atoms with E-state index >= 15 is 0 Å². The summed E-state index contributed by atoms with van der Waals surface area (Å²) in [6.45, 7) is 1.62. The van der Waals surface area contributed by atoms with Crippen LogP contribution in [-0.4, -0.2) is 9.97 Å². The van der Waals surface area contributed by atoms with Gasteiger partial charge in [0.2, 0.25) is 0 Å². The van der Waals surface area contributed by atoms with Crippen molar-refractivity contribution in [1.82, 2.24) is 9.97 Å². The Hall–Kier alpha value is -0.216. The largest absolute Gasteiger partial charge is 0.421 e. The van der Waals surface area contributed by atoms with Gasteiger partial charge in [-0.3, -0.25) is 0 Å². The van der Waals surface area contributed by atoms with E-state index in [2.05, 4.69) is 16.2 Å². The molecule has 0 aliphatic carbocycles. The minimum absolute atomic E-state index is 0. The summed E-state index contributed by atoms with van der Waals surface area (Å²) >= 11 is 0. The summed E-state index contributed by atoms with van der Waals surface area (Å²) < 4.78 is 0. The smallest absolute Gasteiger partial charge is 0.140 e. The Bertz CT molecular complexity index is 270. The third-order valence-corrected chi connectivity index (χ3v) is 0.926. The van der Waals surface area contributed by atoms with Gasteiger partial charge in [-0.05, 0) is 0 Å². The SMILES string of the molecule is Cc1[c-]nc(N)[nH]c1=O.[Y]. The predicted octanol–water partition coefficient (Wildman–Crippen LogP) is -0.542. The van der Waals surface area contributed by atoms with Crippen molar-refractivity contribution in [2.75, 3.05) is 5.73 Å². The van der Waals surface area contributed by atoms with Gasteiger partial charge in [0, 0.05) is 32.7 Å². The Morgan fingerprint density at radius 3 is 2.70 bits per heavy atom. The van der Waals surface area contributed by atoms with Gasteiger partial charge in [-0.1, -0.05) is 18.7 Å². The molecule has 0 atom stereocenters. The summed E-state index contributed by atoms with van der Waals surface area (Å²) in [4.78, 5) is 16.5. The number of nitrogen functional groups attached to an aromatic ring is 1. The molecule has 5 heteroatoms. The molecule has 1 aromatic heterocycles. The maximum Gasteiger partial charge on any atom is 0.140 e. The number of aromatic nitrogens is 2. The number of nitrogens with zero attached hydrogens (tertiary/aromatic N) is 1. The standard InChI is InChI=1S/C5H6N3O.Y/c1-3-2-7-5(6)8-4(3)9;/h1H3,(H3,6,7,8,9);/q-1;. The Labute approximate surface area is 83.1 Å². The molecule has 4 nitrogen and oxygen atoms in total. The molecule has 0 unspecified atom stereocenters. The van der Waals surface area contributed by atoms with Gasteiger partial charge in [0.05, 0.1) is 5.95 Å². The van der Waals surface area contributed by atoms with Crippen molar-refractivity contribution in [2.24, 2.45) is 0 Å². The van der Waals surface area contributed by atoms with Gasteiger partial charge in [-0.2, -0.15) is 0 Å².